The van der Waals surface area contributed by atoms with Crippen LogP contribution < -0.4 is 5.32 Å². The summed E-state index contributed by atoms with van der Waals surface area (Å²) in [5, 5.41) is 3.68. The first kappa shape index (κ1) is 15.2. The Hall–Kier alpha value is -0.860. The van der Waals surface area contributed by atoms with E-state index in [-0.39, 0.29) is 0 Å². The first-order chi connectivity index (χ1) is 8.70. The standard InChI is InChI=1S/C16H27NO/c1-5-11-17-16(14(3)10-12-18-4)15-9-7-6-8-13(15)2/h6-9,14,16-17H,5,10-12H2,1-4H3. The Morgan fingerprint density at radius 2 is 2.00 bits per heavy atom. The average Bonchev–Trinajstić information content (AvgIpc) is 2.38. The smallest absolute Gasteiger partial charge is 0.0465 e. The number of rotatable bonds is 8. The second-order valence-electron chi connectivity index (χ2n) is 5.05. The zero-order chi connectivity index (χ0) is 13.4. The summed E-state index contributed by atoms with van der Waals surface area (Å²) in [6, 6.07) is 9.10. The molecule has 2 heteroatoms. The molecule has 2 nitrogen and oxygen atoms in total. The van der Waals surface area contributed by atoms with E-state index in [1.807, 2.05) is 0 Å². The van der Waals surface area contributed by atoms with E-state index in [1.54, 1.807) is 7.11 Å². The minimum absolute atomic E-state index is 0.432. The topological polar surface area (TPSA) is 21.3 Å². The molecule has 0 aliphatic carbocycles. The predicted octanol–water partition coefficient (Wildman–Crippen LogP) is 3.71. The first-order valence-corrected chi connectivity index (χ1v) is 6.98. The van der Waals surface area contributed by atoms with Crippen molar-refractivity contribution in [2.45, 2.75) is 39.7 Å². The van der Waals surface area contributed by atoms with Crippen molar-refractivity contribution in [2.75, 3.05) is 20.3 Å². The normalized spacial score (nSPS) is 14.4. The summed E-state index contributed by atoms with van der Waals surface area (Å²) in [6.07, 6.45) is 2.26. The molecule has 0 radical (unpaired) electrons. The minimum atomic E-state index is 0.432. The highest BCUT2D eigenvalue weighted by molar-refractivity contribution is 5.29. The summed E-state index contributed by atoms with van der Waals surface area (Å²) < 4.78 is 5.21. The maximum atomic E-state index is 5.21. The maximum Gasteiger partial charge on any atom is 0.0465 e. The zero-order valence-electron chi connectivity index (χ0n) is 12.2. The summed E-state index contributed by atoms with van der Waals surface area (Å²) >= 11 is 0. The third-order valence-electron chi connectivity index (χ3n) is 3.48. The lowest BCUT2D eigenvalue weighted by atomic mass is 9.89. The number of aryl methyl sites for hydroxylation is 1. The van der Waals surface area contributed by atoms with Gasteiger partial charge in [0, 0.05) is 19.8 Å². The number of ether oxygens (including phenoxy) is 1. The van der Waals surface area contributed by atoms with Crippen molar-refractivity contribution < 1.29 is 4.74 Å². The highest BCUT2D eigenvalue weighted by atomic mass is 16.5. The maximum absolute atomic E-state index is 5.21. The third kappa shape index (κ3) is 4.43. The largest absolute Gasteiger partial charge is 0.385 e. The molecule has 0 amide bonds. The molecule has 102 valence electrons. The van der Waals surface area contributed by atoms with Crippen molar-refractivity contribution >= 4 is 0 Å². The van der Waals surface area contributed by atoms with E-state index in [4.69, 9.17) is 4.74 Å². The predicted molar refractivity (Wildman–Crippen MR) is 77.9 cm³/mol. The van der Waals surface area contributed by atoms with Gasteiger partial charge in [-0.25, -0.2) is 0 Å². The molecule has 0 heterocycles. The zero-order valence-corrected chi connectivity index (χ0v) is 12.2. The SMILES string of the molecule is CCCNC(c1ccccc1C)C(C)CCOC. The molecule has 0 aromatic heterocycles. The van der Waals surface area contributed by atoms with E-state index in [0.717, 1.165) is 19.6 Å². The van der Waals surface area contributed by atoms with E-state index >= 15 is 0 Å². The Balaban J connectivity index is 2.80. The van der Waals surface area contributed by atoms with Crippen LogP contribution in [0, 0.1) is 12.8 Å². The molecule has 2 unspecified atom stereocenters. The second-order valence-corrected chi connectivity index (χ2v) is 5.05. The van der Waals surface area contributed by atoms with Crippen molar-refractivity contribution in [3.8, 4) is 0 Å². The fraction of sp³-hybridized carbons (Fsp3) is 0.625. The lowest BCUT2D eigenvalue weighted by molar-refractivity contribution is 0.170. The Labute approximate surface area is 112 Å². The minimum Gasteiger partial charge on any atom is -0.385 e. The van der Waals surface area contributed by atoms with Gasteiger partial charge in [0.15, 0.2) is 0 Å². The van der Waals surface area contributed by atoms with E-state index in [2.05, 4.69) is 50.4 Å². The van der Waals surface area contributed by atoms with E-state index in [9.17, 15) is 0 Å². The van der Waals surface area contributed by atoms with Gasteiger partial charge >= 0.3 is 0 Å². The highest BCUT2D eigenvalue weighted by Crippen LogP contribution is 2.27. The van der Waals surface area contributed by atoms with Gasteiger partial charge in [-0.05, 0) is 43.4 Å². The summed E-state index contributed by atoms with van der Waals surface area (Å²) in [7, 11) is 1.77. The van der Waals surface area contributed by atoms with Crippen LogP contribution in [-0.2, 0) is 4.74 Å². The summed E-state index contributed by atoms with van der Waals surface area (Å²) in [5.74, 6) is 0.581. The molecule has 1 N–H and O–H groups in total. The molecule has 18 heavy (non-hydrogen) atoms. The van der Waals surface area contributed by atoms with Gasteiger partial charge in [0.05, 0.1) is 0 Å². The molecule has 0 fully saturated rings. The van der Waals surface area contributed by atoms with E-state index in [1.165, 1.54) is 17.5 Å². The number of nitrogens with one attached hydrogen (secondary N) is 1. The van der Waals surface area contributed by atoms with Crippen LogP contribution in [0.2, 0.25) is 0 Å². The molecule has 1 aromatic carbocycles. The number of hydrogen-bond acceptors (Lipinski definition) is 2. The van der Waals surface area contributed by atoms with Crippen molar-refractivity contribution in [3.63, 3.8) is 0 Å². The average molecular weight is 249 g/mol. The lowest BCUT2D eigenvalue weighted by Gasteiger charge is -2.27. The van der Waals surface area contributed by atoms with Gasteiger partial charge in [-0.2, -0.15) is 0 Å². The van der Waals surface area contributed by atoms with Crippen LogP contribution in [0.3, 0.4) is 0 Å². The molecule has 0 spiro atoms. The second kappa shape index (κ2) is 8.28. The van der Waals surface area contributed by atoms with Gasteiger partial charge in [0.25, 0.3) is 0 Å². The molecule has 0 aliphatic heterocycles. The molecular weight excluding hydrogens is 222 g/mol. The number of methoxy groups -OCH3 is 1. The molecule has 0 bridgehead atoms. The van der Waals surface area contributed by atoms with Crippen LogP contribution in [0.4, 0.5) is 0 Å². The Bertz CT molecular complexity index is 338. The number of benzene rings is 1. The van der Waals surface area contributed by atoms with Gasteiger partial charge in [0.2, 0.25) is 0 Å². The highest BCUT2D eigenvalue weighted by Gasteiger charge is 2.19. The molecule has 2 atom stereocenters. The van der Waals surface area contributed by atoms with Gasteiger partial charge in [-0.3, -0.25) is 0 Å². The van der Waals surface area contributed by atoms with Gasteiger partial charge in [-0.15, -0.1) is 0 Å². The fourth-order valence-electron chi connectivity index (χ4n) is 2.32. The molecular formula is C16H27NO. The van der Waals surface area contributed by atoms with Gasteiger partial charge in [0.1, 0.15) is 0 Å². The van der Waals surface area contributed by atoms with Gasteiger partial charge in [-0.1, -0.05) is 38.1 Å². The van der Waals surface area contributed by atoms with Crippen LogP contribution >= 0.6 is 0 Å². The van der Waals surface area contributed by atoms with Crippen molar-refractivity contribution in [3.05, 3.63) is 35.4 Å². The van der Waals surface area contributed by atoms with Crippen LogP contribution in [0.5, 0.6) is 0 Å². The van der Waals surface area contributed by atoms with Crippen molar-refractivity contribution in [2.24, 2.45) is 5.92 Å². The van der Waals surface area contributed by atoms with Crippen molar-refractivity contribution in [1.82, 2.24) is 5.32 Å². The molecule has 1 aromatic rings. The number of hydrogen-bond donors (Lipinski definition) is 1. The molecule has 0 aliphatic rings. The summed E-state index contributed by atoms with van der Waals surface area (Å²) in [4.78, 5) is 0. The van der Waals surface area contributed by atoms with E-state index in [0.29, 0.717) is 12.0 Å². The first-order valence-electron chi connectivity index (χ1n) is 6.98. The molecule has 0 saturated heterocycles. The summed E-state index contributed by atoms with van der Waals surface area (Å²) in [5.41, 5.74) is 2.80. The Morgan fingerprint density at radius 1 is 1.28 bits per heavy atom. The molecule has 0 saturated carbocycles. The molecule has 1 rings (SSSR count). The Morgan fingerprint density at radius 3 is 2.61 bits per heavy atom. The van der Waals surface area contributed by atoms with Crippen LogP contribution in [-0.4, -0.2) is 20.3 Å². The summed E-state index contributed by atoms with van der Waals surface area (Å²) in [6.45, 7) is 8.60. The third-order valence-corrected chi connectivity index (χ3v) is 3.48. The Kier molecular flexibility index (Phi) is 6.99. The van der Waals surface area contributed by atoms with Gasteiger partial charge < -0.3 is 10.1 Å². The van der Waals surface area contributed by atoms with Crippen molar-refractivity contribution in [1.29, 1.82) is 0 Å². The van der Waals surface area contributed by atoms with E-state index < -0.39 is 0 Å². The van der Waals surface area contributed by atoms with Crippen LogP contribution in [0.25, 0.3) is 0 Å². The van der Waals surface area contributed by atoms with Crippen LogP contribution in [0.15, 0.2) is 24.3 Å². The van der Waals surface area contributed by atoms with Crippen LogP contribution in [0.1, 0.15) is 43.9 Å². The lowest BCUT2D eigenvalue weighted by Crippen LogP contribution is -2.29. The quantitative estimate of drug-likeness (QED) is 0.758. The fourth-order valence-corrected chi connectivity index (χ4v) is 2.32. The monoisotopic (exact) mass is 249 g/mol.